The van der Waals surface area contributed by atoms with Gasteiger partial charge in [-0.1, -0.05) is 6.07 Å². The number of rotatable bonds is 6. The van der Waals surface area contributed by atoms with Gasteiger partial charge in [-0.15, -0.1) is 35.3 Å². The van der Waals surface area contributed by atoms with Crippen LogP contribution in [-0.2, 0) is 13.0 Å². The highest BCUT2D eigenvalue weighted by molar-refractivity contribution is 14.0. The van der Waals surface area contributed by atoms with E-state index in [0.29, 0.717) is 12.6 Å². The highest BCUT2D eigenvalue weighted by atomic mass is 127. The topological polar surface area (TPSA) is 69.8 Å². The number of hydrogen-bond acceptors (Lipinski definition) is 4. The summed E-state index contributed by atoms with van der Waals surface area (Å²) in [6.07, 6.45) is 6.09. The van der Waals surface area contributed by atoms with Gasteiger partial charge in [0.2, 0.25) is 0 Å². The molecule has 0 radical (unpaired) electrons. The summed E-state index contributed by atoms with van der Waals surface area (Å²) in [6, 6.07) is 8.43. The Bertz CT molecular complexity index is 608. The second kappa shape index (κ2) is 10.8. The van der Waals surface area contributed by atoms with E-state index in [0.717, 1.165) is 50.4 Å². The van der Waals surface area contributed by atoms with Crippen molar-refractivity contribution < 1.29 is 9.52 Å². The van der Waals surface area contributed by atoms with E-state index < -0.39 is 0 Å². The van der Waals surface area contributed by atoms with E-state index in [9.17, 15) is 5.11 Å². The number of thiophene rings is 1. The van der Waals surface area contributed by atoms with Gasteiger partial charge in [-0.05, 0) is 49.3 Å². The molecule has 138 valence electrons. The minimum atomic E-state index is -0.138. The van der Waals surface area contributed by atoms with Gasteiger partial charge in [0.05, 0.1) is 18.9 Å². The number of guanidine groups is 1. The molecular formula is C18H26IN3O2S. The zero-order chi connectivity index (χ0) is 16.6. The van der Waals surface area contributed by atoms with Crippen molar-refractivity contribution in [2.45, 2.75) is 50.8 Å². The summed E-state index contributed by atoms with van der Waals surface area (Å²) in [6.45, 7) is 1.46. The van der Waals surface area contributed by atoms with E-state index in [1.807, 2.05) is 12.1 Å². The Morgan fingerprint density at radius 2 is 2.08 bits per heavy atom. The highest BCUT2D eigenvalue weighted by Gasteiger charge is 2.20. The Morgan fingerprint density at radius 3 is 2.76 bits per heavy atom. The molecule has 2 heterocycles. The van der Waals surface area contributed by atoms with Crippen LogP contribution in [0.15, 0.2) is 45.3 Å². The number of aliphatic hydroxyl groups excluding tert-OH is 1. The molecule has 0 aliphatic heterocycles. The van der Waals surface area contributed by atoms with E-state index in [1.165, 1.54) is 4.88 Å². The Hall–Kier alpha value is -1.06. The zero-order valence-corrected chi connectivity index (χ0v) is 17.3. The first-order valence-corrected chi connectivity index (χ1v) is 9.45. The lowest BCUT2D eigenvalue weighted by Crippen LogP contribution is -2.45. The minimum Gasteiger partial charge on any atom is -0.469 e. The number of nitrogens with zero attached hydrogens (tertiary/aromatic N) is 1. The second-order valence-electron chi connectivity index (χ2n) is 6.15. The van der Waals surface area contributed by atoms with E-state index in [4.69, 9.17) is 9.41 Å². The third-order valence-corrected chi connectivity index (χ3v) is 5.12. The van der Waals surface area contributed by atoms with Crippen LogP contribution in [0.2, 0.25) is 0 Å². The first-order valence-electron chi connectivity index (χ1n) is 8.57. The fraction of sp³-hybridized carbons (Fsp3) is 0.500. The zero-order valence-electron chi connectivity index (χ0n) is 14.2. The molecule has 0 atom stereocenters. The maximum Gasteiger partial charge on any atom is 0.191 e. The Labute approximate surface area is 169 Å². The molecule has 3 rings (SSSR count). The van der Waals surface area contributed by atoms with Gasteiger partial charge in [0.1, 0.15) is 5.76 Å². The quantitative estimate of drug-likeness (QED) is 0.340. The van der Waals surface area contributed by atoms with Crippen molar-refractivity contribution >= 4 is 41.3 Å². The number of furan rings is 1. The first kappa shape index (κ1) is 20.3. The highest BCUT2D eigenvalue weighted by Crippen LogP contribution is 2.18. The Kier molecular flexibility index (Phi) is 8.77. The summed E-state index contributed by atoms with van der Waals surface area (Å²) < 4.78 is 5.37. The van der Waals surface area contributed by atoms with Crippen molar-refractivity contribution in [3.63, 3.8) is 0 Å². The van der Waals surface area contributed by atoms with Crippen LogP contribution in [0.1, 0.15) is 36.3 Å². The third kappa shape index (κ3) is 6.99. The number of aliphatic hydroxyl groups is 1. The Balaban J connectivity index is 0.00000225. The molecule has 1 aliphatic rings. The fourth-order valence-electron chi connectivity index (χ4n) is 2.88. The molecule has 0 unspecified atom stereocenters. The van der Waals surface area contributed by atoms with E-state index in [1.54, 1.807) is 17.6 Å². The van der Waals surface area contributed by atoms with Crippen LogP contribution in [0.3, 0.4) is 0 Å². The Morgan fingerprint density at radius 1 is 1.24 bits per heavy atom. The largest absolute Gasteiger partial charge is 0.469 e. The average Bonchev–Trinajstić information content (AvgIpc) is 3.28. The van der Waals surface area contributed by atoms with Crippen LogP contribution in [0.5, 0.6) is 0 Å². The van der Waals surface area contributed by atoms with Gasteiger partial charge in [-0.3, -0.25) is 0 Å². The van der Waals surface area contributed by atoms with Crippen LogP contribution in [-0.4, -0.2) is 29.8 Å². The molecular weight excluding hydrogens is 449 g/mol. The SMILES string of the molecule is I.OC1CCC(NC(=NCc2cccs2)NCCc2ccco2)CC1. The van der Waals surface area contributed by atoms with Gasteiger partial charge < -0.3 is 20.2 Å². The van der Waals surface area contributed by atoms with Crippen molar-refractivity contribution in [3.05, 3.63) is 46.5 Å². The van der Waals surface area contributed by atoms with Gasteiger partial charge in [0, 0.05) is 23.9 Å². The van der Waals surface area contributed by atoms with Crippen molar-refractivity contribution in [1.82, 2.24) is 10.6 Å². The smallest absolute Gasteiger partial charge is 0.191 e. The van der Waals surface area contributed by atoms with Crippen LogP contribution in [0, 0.1) is 0 Å². The summed E-state index contributed by atoms with van der Waals surface area (Å²) in [5.74, 6) is 1.82. The van der Waals surface area contributed by atoms with Crippen LogP contribution in [0.4, 0.5) is 0 Å². The normalized spacial score (nSPS) is 20.8. The van der Waals surface area contributed by atoms with Crippen molar-refractivity contribution in [3.8, 4) is 0 Å². The third-order valence-electron chi connectivity index (χ3n) is 4.25. The van der Waals surface area contributed by atoms with Gasteiger partial charge >= 0.3 is 0 Å². The second-order valence-corrected chi connectivity index (χ2v) is 7.18. The lowest BCUT2D eigenvalue weighted by Gasteiger charge is -2.27. The summed E-state index contributed by atoms with van der Waals surface area (Å²) in [5, 5.41) is 18.6. The van der Waals surface area contributed by atoms with Gasteiger partial charge in [0.15, 0.2) is 5.96 Å². The lowest BCUT2D eigenvalue weighted by atomic mass is 9.93. The van der Waals surface area contributed by atoms with E-state index in [-0.39, 0.29) is 30.1 Å². The molecule has 0 aromatic carbocycles. The molecule has 1 saturated carbocycles. The summed E-state index contributed by atoms with van der Waals surface area (Å²) >= 11 is 1.72. The van der Waals surface area contributed by atoms with E-state index in [2.05, 4.69) is 28.1 Å². The first-order chi connectivity index (χ1) is 11.8. The molecule has 0 bridgehead atoms. The molecule has 5 nitrogen and oxygen atoms in total. The monoisotopic (exact) mass is 475 g/mol. The van der Waals surface area contributed by atoms with E-state index >= 15 is 0 Å². The van der Waals surface area contributed by atoms with Crippen LogP contribution >= 0.6 is 35.3 Å². The molecule has 3 N–H and O–H groups in total. The number of hydrogen-bond donors (Lipinski definition) is 3. The van der Waals surface area contributed by atoms with Crippen LogP contribution in [0.25, 0.3) is 0 Å². The lowest BCUT2D eigenvalue weighted by molar-refractivity contribution is 0.120. The summed E-state index contributed by atoms with van der Waals surface area (Å²) in [5.41, 5.74) is 0. The van der Waals surface area contributed by atoms with Gasteiger partial charge in [-0.2, -0.15) is 0 Å². The maximum absolute atomic E-state index is 9.65. The van der Waals surface area contributed by atoms with Crippen molar-refractivity contribution in [2.24, 2.45) is 4.99 Å². The molecule has 2 aromatic rings. The predicted molar refractivity (Wildman–Crippen MR) is 113 cm³/mol. The van der Waals surface area contributed by atoms with Gasteiger partial charge in [-0.25, -0.2) is 4.99 Å². The number of aliphatic imine (C=N–C) groups is 1. The molecule has 1 aliphatic carbocycles. The number of halogens is 1. The molecule has 1 fully saturated rings. The maximum atomic E-state index is 9.65. The van der Waals surface area contributed by atoms with Crippen molar-refractivity contribution in [2.75, 3.05) is 6.54 Å². The minimum absolute atomic E-state index is 0. The van der Waals surface area contributed by atoms with Crippen molar-refractivity contribution in [1.29, 1.82) is 0 Å². The number of nitrogens with one attached hydrogen (secondary N) is 2. The predicted octanol–water partition coefficient (Wildman–Crippen LogP) is 3.54. The standard InChI is InChI=1S/C18H25N3O2S.HI/c22-15-7-5-14(6-8-15)21-18(20-13-17-4-2-12-24-17)19-10-9-16-3-1-11-23-16;/h1-4,11-12,14-15,22H,5-10,13H2,(H2,19,20,21);1H. The fourth-order valence-corrected chi connectivity index (χ4v) is 3.51. The molecule has 0 saturated heterocycles. The molecule has 2 aromatic heterocycles. The average molecular weight is 475 g/mol. The molecule has 25 heavy (non-hydrogen) atoms. The molecule has 0 amide bonds. The molecule has 0 spiro atoms. The van der Waals surface area contributed by atoms with Crippen LogP contribution < -0.4 is 10.6 Å². The van der Waals surface area contributed by atoms with Gasteiger partial charge in [0.25, 0.3) is 0 Å². The molecule has 7 heteroatoms. The summed E-state index contributed by atoms with van der Waals surface area (Å²) in [7, 11) is 0. The summed E-state index contributed by atoms with van der Waals surface area (Å²) in [4.78, 5) is 5.96.